The van der Waals surface area contributed by atoms with Gasteiger partial charge in [-0.1, -0.05) is 17.4 Å². The normalized spacial score (nSPS) is 11.5. The molecular weight excluding hydrogens is 436 g/mol. The summed E-state index contributed by atoms with van der Waals surface area (Å²) in [6.45, 7) is 3.65. The second-order valence-electron chi connectivity index (χ2n) is 6.39. The molecule has 2 N–H and O–H groups in total. The predicted molar refractivity (Wildman–Crippen MR) is 123 cm³/mol. The molecule has 10 heteroatoms. The van der Waals surface area contributed by atoms with Crippen LogP contribution >= 0.6 is 23.1 Å². The predicted octanol–water partition coefficient (Wildman–Crippen LogP) is 4.24. The van der Waals surface area contributed by atoms with Gasteiger partial charge in [0.05, 0.1) is 19.5 Å². The maximum Gasteiger partial charge on any atom is 0.263 e. The zero-order chi connectivity index (χ0) is 22.4. The summed E-state index contributed by atoms with van der Waals surface area (Å²) in [7, 11) is 3.00. The number of ether oxygens (including phenoxy) is 2. The second-order valence-corrected chi connectivity index (χ2v) is 8.99. The number of aryl methyl sites for hydroxylation is 1. The molecule has 0 bridgehead atoms. The number of carbonyl (C=O) groups excluding carboxylic acids is 2. The zero-order valence-electron chi connectivity index (χ0n) is 17.5. The summed E-state index contributed by atoms with van der Waals surface area (Å²) in [5.74, 6) is 0.362. The number of hydrogen-bond acceptors (Lipinski definition) is 8. The Balaban J connectivity index is 1.63. The van der Waals surface area contributed by atoms with E-state index in [2.05, 4.69) is 20.8 Å². The van der Waals surface area contributed by atoms with Crippen molar-refractivity contribution in [1.82, 2.24) is 10.2 Å². The average molecular weight is 459 g/mol. The number of nitrogens with zero attached hydrogens (tertiary/aromatic N) is 2. The number of methoxy groups -OCH3 is 2. The molecule has 8 nitrogen and oxygen atoms in total. The molecule has 0 spiro atoms. The molecule has 3 rings (SSSR count). The molecule has 0 aliphatic heterocycles. The van der Waals surface area contributed by atoms with Crippen LogP contribution in [-0.4, -0.2) is 41.5 Å². The number of benzene rings is 2. The van der Waals surface area contributed by atoms with Gasteiger partial charge < -0.3 is 14.8 Å². The van der Waals surface area contributed by atoms with Crippen molar-refractivity contribution in [2.45, 2.75) is 24.0 Å². The molecule has 0 aliphatic rings. The standard InChI is InChI=1S/C21H22N4O4S2/c1-12(19(26)23-21-25-24-13(2)31-21)30-15-10-8-14(9-11-15)22-20(27)18-16(28-3)6-5-7-17(18)29-4/h5-12H,1-4H3,(H,22,27)(H,23,25,26). The molecule has 1 unspecified atom stereocenters. The number of carbonyl (C=O) groups is 2. The fourth-order valence-corrected chi connectivity index (χ4v) is 4.16. The van der Waals surface area contributed by atoms with Gasteiger partial charge in [0.2, 0.25) is 11.0 Å². The zero-order valence-corrected chi connectivity index (χ0v) is 19.1. The molecule has 0 saturated heterocycles. The van der Waals surface area contributed by atoms with E-state index >= 15 is 0 Å². The van der Waals surface area contributed by atoms with Gasteiger partial charge in [-0.15, -0.1) is 22.0 Å². The molecule has 0 aliphatic carbocycles. The van der Waals surface area contributed by atoms with E-state index in [4.69, 9.17) is 9.47 Å². The molecule has 3 aromatic rings. The van der Waals surface area contributed by atoms with Gasteiger partial charge in [-0.05, 0) is 50.2 Å². The molecule has 1 atom stereocenters. The van der Waals surface area contributed by atoms with Gasteiger partial charge in [0.1, 0.15) is 22.1 Å². The largest absolute Gasteiger partial charge is 0.496 e. The number of hydrogen-bond donors (Lipinski definition) is 2. The second kappa shape index (κ2) is 10.3. The Hall–Kier alpha value is -3.11. The summed E-state index contributed by atoms with van der Waals surface area (Å²) in [6.07, 6.45) is 0. The Kier molecular flexibility index (Phi) is 7.48. The highest BCUT2D eigenvalue weighted by molar-refractivity contribution is 8.00. The molecule has 2 aromatic carbocycles. The van der Waals surface area contributed by atoms with E-state index in [0.29, 0.717) is 27.9 Å². The van der Waals surface area contributed by atoms with E-state index in [1.807, 2.05) is 26.0 Å². The Morgan fingerprint density at radius 3 is 2.19 bits per heavy atom. The number of rotatable bonds is 8. The highest BCUT2D eigenvalue weighted by atomic mass is 32.2. The minimum Gasteiger partial charge on any atom is -0.496 e. The van der Waals surface area contributed by atoms with E-state index < -0.39 is 0 Å². The monoisotopic (exact) mass is 458 g/mol. The first-order valence-electron chi connectivity index (χ1n) is 9.31. The van der Waals surface area contributed by atoms with Crippen molar-refractivity contribution in [2.75, 3.05) is 24.9 Å². The Labute approximate surface area is 188 Å². The van der Waals surface area contributed by atoms with Crippen molar-refractivity contribution in [3.8, 4) is 11.5 Å². The van der Waals surface area contributed by atoms with Gasteiger partial charge in [-0.2, -0.15) is 0 Å². The fraction of sp³-hybridized carbons (Fsp3) is 0.238. The average Bonchev–Trinajstić information content (AvgIpc) is 3.18. The van der Waals surface area contributed by atoms with Crippen molar-refractivity contribution < 1.29 is 19.1 Å². The van der Waals surface area contributed by atoms with Crippen LogP contribution in [0.15, 0.2) is 47.4 Å². The van der Waals surface area contributed by atoms with Crippen molar-refractivity contribution >= 4 is 45.7 Å². The van der Waals surface area contributed by atoms with E-state index in [1.54, 1.807) is 30.3 Å². The third-order valence-electron chi connectivity index (χ3n) is 4.21. The minimum atomic E-state index is -0.338. The number of thioether (sulfide) groups is 1. The lowest BCUT2D eigenvalue weighted by atomic mass is 10.1. The number of aromatic nitrogens is 2. The SMILES string of the molecule is COc1cccc(OC)c1C(=O)Nc1ccc(SC(C)C(=O)Nc2nnc(C)s2)cc1. The highest BCUT2D eigenvalue weighted by Crippen LogP contribution is 2.30. The Bertz CT molecular complexity index is 1050. The van der Waals surface area contributed by atoms with Crippen LogP contribution in [0.3, 0.4) is 0 Å². The maximum absolute atomic E-state index is 12.8. The van der Waals surface area contributed by atoms with E-state index in [9.17, 15) is 9.59 Å². The molecule has 1 heterocycles. The molecular formula is C21H22N4O4S2. The van der Waals surface area contributed by atoms with Crippen molar-refractivity contribution in [3.05, 3.63) is 53.0 Å². The molecule has 2 amide bonds. The first kappa shape index (κ1) is 22.6. The van der Waals surface area contributed by atoms with Gasteiger partial charge in [0.15, 0.2) is 0 Å². The third-order valence-corrected chi connectivity index (χ3v) is 6.07. The summed E-state index contributed by atoms with van der Waals surface area (Å²) >= 11 is 2.73. The Morgan fingerprint density at radius 1 is 1.00 bits per heavy atom. The third kappa shape index (κ3) is 5.74. The first-order chi connectivity index (χ1) is 14.9. The lowest BCUT2D eigenvalue weighted by Crippen LogP contribution is -2.22. The van der Waals surface area contributed by atoms with Crippen molar-refractivity contribution in [1.29, 1.82) is 0 Å². The number of amides is 2. The van der Waals surface area contributed by atoms with Crippen LogP contribution in [0.5, 0.6) is 11.5 Å². The van der Waals surface area contributed by atoms with E-state index in [1.165, 1.54) is 37.3 Å². The minimum absolute atomic E-state index is 0.151. The first-order valence-corrected chi connectivity index (χ1v) is 11.0. The topological polar surface area (TPSA) is 102 Å². The number of nitrogens with one attached hydrogen (secondary N) is 2. The van der Waals surface area contributed by atoms with Crippen LogP contribution in [0.25, 0.3) is 0 Å². The summed E-state index contributed by atoms with van der Waals surface area (Å²) in [6, 6.07) is 12.4. The molecule has 162 valence electrons. The lowest BCUT2D eigenvalue weighted by Gasteiger charge is -2.14. The van der Waals surface area contributed by atoms with Crippen LogP contribution in [0.1, 0.15) is 22.3 Å². The molecule has 0 saturated carbocycles. The van der Waals surface area contributed by atoms with Crippen LogP contribution in [0.4, 0.5) is 10.8 Å². The number of anilines is 2. The van der Waals surface area contributed by atoms with Gasteiger partial charge in [0.25, 0.3) is 5.91 Å². The molecule has 31 heavy (non-hydrogen) atoms. The molecule has 0 fully saturated rings. The summed E-state index contributed by atoms with van der Waals surface area (Å²) < 4.78 is 10.6. The van der Waals surface area contributed by atoms with Gasteiger partial charge in [0, 0.05) is 10.6 Å². The van der Waals surface area contributed by atoms with Gasteiger partial charge >= 0.3 is 0 Å². The van der Waals surface area contributed by atoms with Gasteiger partial charge in [-0.3, -0.25) is 14.9 Å². The smallest absolute Gasteiger partial charge is 0.263 e. The van der Waals surface area contributed by atoms with Crippen LogP contribution in [0, 0.1) is 6.92 Å². The van der Waals surface area contributed by atoms with Crippen molar-refractivity contribution in [3.63, 3.8) is 0 Å². The summed E-state index contributed by atoms with van der Waals surface area (Å²) in [4.78, 5) is 26.0. The van der Waals surface area contributed by atoms with E-state index in [-0.39, 0.29) is 17.1 Å². The molecule has 1 aromatic heterocycles. The Morgan fingerprint density at radius 2 is 1.65 bits per heavy atom. The van der Waals surface area contributed by atoms with E-state index in [0.717, 1.165) is 9.90 Å². The fourth-order valence-electron chi connectivity index (χ4n) is 2.70. The van der Waals surface area contributed by atoms with Crippen molar-refractivity contribution in [2.24, 2.45) is 0 Å². The maximum atomic E-state index is 12.8. The summed E-state index contributed by atoms with van der Waals surface area (Å²) in [5.41, 5.74) is 0.937. The highest BCUT2D eigenvalue weighted by Gasteiger charge is 2.19. The van der Waals surface area contributed by atoms with Crippen LogP contribution < -0.4 is 20.1 Å². The van der Waals surface area contributed by atoms with Gasteiger partial charge in [-0.25, -0.2) is 0 Å². The molecule has 0 radical (unpaired) electrons. The summed E-state index contributed by atoms with van der Waals surface area (Å²) in [5, 5.41) is 14.3. The quantitative estimate of drug-likeness (QED) is 0.487. The van der Waals surface area contributed by atoms with Crippen LogP contribution in [0.2, 0.25) is 0 Å². The van der Waals surface area contributed by atoms with Crippen LogP contribution in [-0.2, 0) is 4.79 Å². The lowest BCUT2D eigenvalue weighted by molar-refractivity contribution is -0.115.